The normalized spacial score (nSPS) is 26.7. The molecule has 0 aromatic heterocycles. The van der Waals surface area contributed by atoms with Gasteiger partial charge in [-0.2, -0.15) is 0 Å². The van der Waals surface area contributed by atoms with Crippen molar-refractivity contribution in [3.63, 3.8) is 0 Å². The molecule has 0 saturated carbocycles. The van der Waals surface area contributed by atoms with Crippen LogP contribution in [0.3, 0.4) is 0 Å². The third-order valence-electron chi connectivity index (χ3n) is 2.91. The lowest BCUT2D eigenvalue weighted by Gasteiger charge is -2.35. The summed E-state index contributed by atoms with van der Waals surface area (Å²) in [6.07, 6.45) is 0.660. The van der Waals surface area contributed by atoms with E-state index in [1.807, 2.05) is 12.1 Å². The van der Waals surface area contributed by atoms with Gasteiger partial charge in [0, 0.05) is 11.6 Å². The summed E-state index contributed by atoms with van der Waals surface area (Å²) in [7, 11) is 0. The summed E-state index contributed by atoms with van der Waals surface area (Å²) in [6.45, 7) is 5.39. The third-order valence-corrected chi connectivity index (χ3v) is 3.16. The molecule has 0 aliphatic carbocycles. The molecule has 1 atom stereocenters. The number of hydrogen-bond donors (Lipinski definition) is 2. The van der Waals surface area contributed by atoms with Crippen LogP contribution in [0.25, 0.3) is 0 Å². The summed E-state index contributed by atoms with van der Waals surface area (Å²) in [5.41, 5.74) is 0.796. The van der Waals surface area contributed by atoms with Gasteiger partial charge >= 0.3 is 0 Å². The van der Waals surface area contributed by atoms with Crippen molar-refractivity contribution in [3.05, 3.63) is 47.0 Å². The molecule has 2 N–H and O–H groups in total. The summed E-state index contributed by atoms with van der Waals surface area (Å²) in [5.74, 6) is 0. The molecule has 0 amide bonds. The van der Waals surface area contributed by atoms with E-state index in [2.05, 4.69) is 11.9 Å². The zero-order valence-electron chi connectivity index (χ0n) is 8.46. The predicted octanol–water partition coefficient (Wildman–Crippen LogP) is 2.08. The summed E-state index contributed by atoms with van der Waals surface area (Å²) in [6, 6.07) is 7.31. The second-order valence-electron chi connectivity index (χ2n) is 3.90. The second-order valence-corrected chi connectivity index (χ2v) is 4.33. The highest BCUT2D eigenvalue weighted by Gasteiger charge is 2.34. The Morgan fingerprint density at radius 3 is 2.60 bits per heavy atom. The number of hydrogen-bond acceptors (Lipinski definition) is 2. The molecule has 1 fully saturated rings. The van der Waals surface area contributed by atoms with Gasteiger partial charge in [-0.3, -0.25) is 0 Å². The Labute approximate surface area is 94.6 Å². The highest BCUT2D eigenvalue weighted by molar-refractivity contribution is 6.30. The molecule has 1 aromatic rings. The summed E-state index contributed by atoms with van der Waals surface area (Å²) >= 11 is 5.82. The van der Waals surface area contributed by atoms with E-state index in [4.69, 9.17) is 11.6 Å². The smallest absolute Gasteiger partial charge is 0.113 e. The Balaban J connectivity index is 2.35. The van der Waals surface area contributed by atoms with Gasteiger partial charge in [-0.1, -0.05) is 30.3 Å². The molecule has 1 aliphatic rings. The maximum atomic E-state index is 10.5. The van der Waals surface area contributed by atoms with E-state index in [1.54, 1.807) is 12.1 Å². The largest absolute Gasteiger partial charge is 0.381 e. The van der Waals surface area contributed by atoms with Crippen molar-refractivity contribution in [2.24, 2.45) is 0 Å². The predicted molar refractivity (Wildman–Crippen MR) is 62.0 cm³/mol. The van der Waals surface area contributed by atoms with Gasteiger partial charge in [-0.15, -0.1) is 0 Å². The van der Waals surface area contributed by atoms with Crippen molar-refractivity contribution in [1.82, 2.24) is 5.32 Å². The molecular formula is C12H14ClNO. The van der Waals surface area contributed by atoms with Gasteiger partial charge in [-0.05, 0) is 36.2 Å². The van der Waals surface area contributed by atoms with Crippen LogP contribution in [0.1, 0.15) is 12.0 Å². The lowest BCUT2D eigenvalue weighted by Crippen LogP contribution is -2.41. The number of piperidine rings is 1. The van der Waals surface area contributed by atoms with Crippen molar-refractivity contribution >= 4 is 11.6 Å². The van der Waals surface area contributed by atoms with Gasteiger partial charge in [0.05, 0.1) is 0 Å². The van der Waals surface area contributed by atoms with E-state index in [0.717, 1.165) is 17.7 Å². The van der Waals surface area contributed by atoms with Crippen molar-refractivity contribution in [2.75, 3.05) is 13.1 Å². The quantitative estimate of drug-likeness (QED) is 0.715. The van der Waals surface area contributed by atoms with E-state index in [9.17, 15) is 5.11 Å². The van der Waals surface area contributed by atoms with E-state index in [0.29, 0.717) is 18.0 Å². The average molecular weight is 224 g/mol. The van der Waals surface area contributed by atoms with Crippen LogP contribution in [0.5, 0.6) is 0 Å². The zero-order chi connectivity index (χ0) is 10.9. The first-order valence-corrected chi connectivity index (χ1v) is 5.38. The monoisotopic (exact) mass is 223 g/mol. The van der Waals surface area contributed by atoms with Crippen LogP contribution in [-0.2, 0) is 5.60 Å². The number of nitrogens with one attached hydrogen (secondary N) is 1. The van der Waals surface area contributed by atoms with Gasteiger partial charge in [0.15, 0.2) is 0 Å². The second kappa shape index (κ2) is 3.97. The third kappa shape index (κ3) is 1.93. The van der Waals surface area contributed by atoms with Gasteiger partial charge in [0.1, 0.15) is 5.60 Å². The number of aliphatic hydroxyl groups is 1. The molecule has 2 rings (SSSR count). The molecule has 1 unspecified atom stereocenters. The molecule has 1 saturated heterocycles. The summed E-state index contributed by atoms with van der Waals surface area (Å²) in [5, 5.41) is 14.4. The Bertz CT molecular complexity index is 374. The minimum absolute atomic E-state index is 0.660. The molecule has 1 heterocycles. The molecule has 0 spiro atoms. The fraction of sp³-hybridized carbons (Fsp3) is 0.333. The first-order chi connectivity index (χ1) is 7.13. The maximum absolute atomic E-state index is 10.5. The topological polar surface area (TPSA) is 32.3 Å². The molecule has 0 radical (unpaired) electrons. The van der Waals surface area contributed by atoms with Crippen LogP contribution in [0.4, 0.5) is 0 Å². The molecular weight excluding hydrogens is 210 g/mol. The fourth-order valence-electron chi connectivity index (χ4n) is 1.91. The molecule has 1 aliphatic heterocycles. The lowest BCUT2D eigenvalue weighted by molar-refractivity contribution is 0.0545. The summed E-state index contributed by atoms with van der Waals surface area (Å²) < 4.78 is 0. The minimum atomic E-state index is -0.893. The van der Waals surface area contributed by atoms with Crippen LogP contribution >= 0.6 is 11.6 Å². The van der Waals surface area contributed by atoms with Gasteiger partial charge in [0.25, 0.3) is 0 Å². The highest BCUT2D eigenvalue weighted by Crippen LogP contribution is 2.34. The minimum Gasteiger partial charge on any atom is -0.381 e. The average Bonchev–Trinajstić information content (AvgIpc) is 2.23. The molecule has 2 nitrogen and oxygen atoms in total. The lowest BCUT2D eigenvalue weighted by atomic mass is 9.82. The van der Waals surface area contributed by atoms with Gasteiger partial charge in [0.2, 0.25) is 0 Å². The number of halogens is 1. The van der Waals surface area contributed by atoms with Crippen LogP contribution in [0.2, 0.25) is 5.02 Å². The molecule has 1 aromatic carbocycles. The fourth-order valence-corrected chi connectivity index (χ4v) is 2.03. The number of benzene rings is 1. The van der Waals surface area contributed by atoms with Gasteiger partial charge in [-0.25, -0.2) is 0 Å². The Morgan fingerprint density at radius 1 is 1.33 bits per heavy atom. The SMILES string of the molecule is C=C1CNCCC1(O)c1ccc(Cl)cc1. The van der Waals surface area contributed by atoms with Crippen molar-refractivity contribution in [2.45, 2.75) is 12.0 Å². The van der Waals surface area contributed by atoms with Crippen molar-refractivity contribution in [1.29, 1.82) is 0 Å². The molecule has 0 bridgehead atoms. The highest BCUT2D eigenvalue weighted by atomic mass is 35.5. The van der Waals surface area contributed by atoms with E-state index in [-0.39, 0.29) is 0 Å². The van der Waals surface area contributed by atoms with Crippen molar-refractivity contribution < 1.29 is 5.11 Å². The molecule has 15 heavy (non-hydrogen) atoms. The standard InChI is InChI=1S/C12H14ClNO/c1-9-8-14-7-6-12(9,15)10-2-4-11(13)5-3-10/h2-5,14-15H,1,6-8H2. The maximum Gasteiger partial charge on any atom is 0.113 e. The van der Waals surface area contributed by atoms with Crippen LogP contribution in [0, 0.1) is 0 Å². The van der Waals surface area contributed by atoms with Crippen LogP contribution in [0.15, 0.2) is 36.4 Å². The molecule has 3 heteroatoms. The van der Waals surface area contributed by atoms with E-state index < -0.39 is 5.60 Å². The first kappa shape index (κ1) is 10.7. The Hall–Kier alpha value is -0.830. The van der Waals surface area contributed by atoms with E-state index in [1.165, 1.54) is 0 Å². The zero-order valence-corrected chi connectivity index (χ0v) is 9.22. The van der Waals surface area contributed by atoms with Crippen molar-refractivity contribution in [3.8, 4) is 0 Å². The van der Waals surface area contributed by atoms with Crippen LogP contribution in [-0.4, -0.2) is 18.2 Å². The van der Waals surface area contributed by atoms with Gasteiger partial charge < -0.3 is 10.4 Å². The number of rotatable bonds is 1. The Kier molecular flexibility index (Phi) is 2.83. The van der Waals surface area contributed by atoms with E-state index >= 15 is 0 Å². The van der Waals surface area contributed by atoms with Crippen LogP contribution < -0.4 is 5.32 Å². The first-order valence-electron chi connectivity index (χ1n) is 5.00. The summed E-state index contributed by atoms with van der Waals surface area (Å²) in [4.78, 5) is 0. The Morgan fingerprint density at radius 2 is 2.00 bits per heavy atom. The molecule has 80 valence electrons.